The van der Waals surface area contributed by atoms with Gasteiger partial charge in [0.15, 0.2) is 0 Å². The average molecular weight is 340 g/mol. The minimum atomic E-state index is -0.784. The van der Waals surface area contributed by atoms with Crippen molar-refractivity contribution >= 4 is 5.91 Å². The van der Waals surface area contributed by atoms with E-state index >= 15 is 0 Å². The number of hydrogen-bond acceptors (Lipinski definition) is 5. The van der Waals surface area contributed by atoms with Gasteiger partial charge < -0.3 is 9.32 Å². The van der Waals surface area contributed by atoms with E-state index in [1.54, 1.807) is 0 Å². The summed E-state index contributed by atoms with van der Waals surface area (Å²) >= 11 is 0. The number of nitriles is 1. The maximum Gasteiger partial charge on any atom is 0.243 e. The zero-order chi connectivity index (χ0) is 17.2. The van der Waals surface area contributed by atoms with Crippen LogP contribution in [0.25, 0.3) is 0 Å². The number of nitrogens with zero attached hydrogens (tertiary/aromatic N) is 4. The summed E-state index contributed by atoms with van der Waals surface area (Å²) in [4.78, 5) is 15.0. The zero-order valence-corrected chi connectivity index (χ0v) is 14.7. The molecule has 0 unspecified atom stereocenters. The smallest absolute Gasteiger partial charge is 0.243 e. The third-order valence-electron chi connectivity index (χ3n) is 6.97. The van der Waals surface area contributed by atoms with Crippen LogP contribution in [0.4, 0.5) is 0 Å². The molecule has 1 saturated heterocycles. The normalized spacial score (nSPS) is 39.8. The molecule has 2 atom stereocenters. The van der Waals surface area contributed by atoms with E-state index in [4.69, 9.17) is 4.42 Å². The van der Waals surface area contributed by atoms with Crippen molar-refractivity contribution in [3.05, 3.63) is 11.8 Å². The Morgan fingerprint density at radius 2 is 2.12 bits per heavy atom. The number of carbonyl (C=O) groups is 1. The van der Waals surface area contributed by atoms with Crippen LogP contribution in [0.3, 0.4) is 0 Å². The molecule has 0 aromatic carbocycles. The van der Waals surface area contributed by atoms with Crippen molar-refractivity contribution < 1.29 is 9.21 Å². The standard InChI is InChI=1S/C19H24N4O2/c1-12-7-18(8-12,10-20)17(24)23-9-14-3-2-6-19(14,11-23)16-22-21-15(25-16)13-4-5-13/h12-14H,2-9,11H2,1H3/t12?,14-,18?,19-/m0/s1. The van der Waals surface area contributed by atoms with Crippen molar-refractivity contribution in [3.63, 3.8) is 0 Å². The van der Waals surface area contributed by atoms with E-state index in [-0.39, 0.29) is 11.3 Å². The molecule has 4 fully saturated rings. The topological polar surface area (TPSA) is 83.0 Å². The maximum atomic E-state index is 13.1. The van der Waals surface area contributed by atoms with Gasteiger partial charge in [0.1, 0.15) is 5.41 Å². The van der Waals surface area contributed by atoms with Crippen molar-refractivity contribution in [2.24, 2.45) is 17.3 Å². The van der Waals surface area contributed by atoms with E-state index in [0.717, 1.165) is 50.4 Å². The zero-order valence-electron chi connectivity index (χ0n) is 14.7. The van der Waals surface area contributed by atoms with Gasteiger partial charge >= 0.3 is 0 Å². The molecular formula is C19H24N4O2. The molecular weight excluding hydrogens is 316 g/mol. The second-order valence-electron chi connectivity index (χ2n) is 8.86. The van der Waals surface area contributed by atoms with Crippen LogP contribution in [-0.2, 0) is 10.2 Å². The monoisotopic (exact) mass is 340 g/mol. The summed E-state index contributed by atoms with van der Waals surface area (Å²) < 4.78 is 6.07. The van der Waals surface area contributed by atoms with Gasteiger partial charge in [0.25, 0.3) is 0 Å². The molecule has 4 aliphatic rings. The van der Waals surface area contributed by atoms with Gasteiger partial charge in [0.2, 0.25) is 17.7 Å². The van der Waals surface area contributed by atoms with Crippen LogP contribution < -0.4 is 0 Å². The highest BCUT2D eigenvalue weighted by Crippen LogP contribution is 2.53. The lowest BCUT2D eigenvalue weighted by molar-refractivity contribution is -0.144. The van der Waals surface area contributed by atoms with Gasteiger partial charge in [-0.05, 0) is 50.4 Å². The average Bonchev–Trinajstić information content (AvgIpc) is 3.01. The van der Waals surface area contributed by atoms with Crippen LogP contribution in [0.1, 0.15) is 69.6 Å². The van der Waals surface area contributed by atoms with E-state index in [0.29, 0.717) is 37.1 Å². The largest absolute Gasteiger partial charge is 0.424 e. The Kier molecular flexibility index (Phi) is 3.11. The van der Waals surface area contributed by atoms with Crippen molar-refractivity contribution in [3.8, 4) is 6.07 Å². The number of hydrogen-bond donors (Lipinski definition) is 0. The SMILES string of the molecule is CC1CC(C#N)(C(=O)N2C[C@@H]3CCC[C@]3(c3nnc(C4CC4)o3)C2)C1. The maximum absolute atomic E-state index is 13.1. The Bertz CT molecular complexity index is 756. The highest BCUT2D eigenvalue weighted by Gasteiger charge is 2.59. The van der Waals surface area contributed by atoms with Gasteiger partial charge in [-0.2, -0.15) is 5.26 Å². The summed E-state index contributed by atoms with van der Waals surface area (Å²) in [6.45, 7) is 3.49. The Morgan fingerprint density at radius 1 is 1.32 bits per heavy atom. The van der Waals surface area contributed by atoms with Crippen molar-refractivity contribution in [1.29, 1.82) is 5.26 Å². The first-order valence-electron chi connectivity index (χ1n) is 9.61. The van der Waals surface area contributed by atoms with Gasteiger partial charge in [-0.1, -0.05) is 13.3 Å². The molecule has 2 heterocycles. The number of fused-ring (bicyclic) bond motifs is 1. The molecule has 1 aromatic heterocycles. The number of amides is 1. The fourth-order valence-corrected chi connectivity index (χ4v) is 5.47. The van der Waals surface area contributed by atoms with Crippen LogP contribution in [-0.4, -0.2) is 34.1 Å². The summed E-state index contributed by atoms with van der Waals surface area (Å²) in [5.41, 5.74) is -0.963. The molecule has 6 heteroatoms. The van der Waals surface area contributed by atoms with E-state index in [2.05, 4.69) is 23.2 Å². The summed E-state index contributed by atoms with van der Waals surface area (Å²) in [6, 6.07) is 2.32. The lowest BCUT2D eigenvalue weighted by Gasteiger charge is -2.41. The molecule has 3 saturated carbocycles. The van der Waals surface area contributed by atoms with Crippen molar-refractivity contribution in [1.82, 2.24) is 15.1 Å². The molecule has 0 spiro atoms. The molecule has 25 heavy (non-hydrogen) atoms. The van der Waals surface area contributed by atoms with Gasteiger partial charge in [-0.25, -0.2) is 0 Å². The van der Waals surface area contributed by atoms with Gasteiger partial charge in [-0.3, -0.25) is 4.79 Å². The summed E-state index contributed by atoms with van der Waals surface area (Å²) in [5, 5.41) is 18.3. The van der Waals surface area contributed by atoms with E-state index in [9.17, 15) is 10.1 Å². The van der Waals surface area contributed by atoms with Crippen LogP contribution in [0, 0.1) is 28.6 Å². The molecule has 132 valence electrons. The second-order valence-corrected chi connectivity index (χ2v) is 8.86. The second kappa shape index (κ2) is 5.06. The molecule has 0 N–H and O–H groups in total. The Balaban J connectivity index is 1.41. The lowest BCUT2D eigenvalue weighted by atomic mass is 9.63. The molecule has 5 rings (SSSR count). The molecule has 3 aliphatic carbocycles. The third kappa shape index (κ3) is 2.11. The molecule has 1 aliphatic heterocycles. The Hall–Kier alpha value is -1.90. The van der Waals surface area contributed by atoms with Gasteiger partial charge in [0, 0.05) is 19.0 Å². The molecule has 0 bridgehead atoms. The van der Waals surface area contributed by atoms with E-state index in [1.165, 1.54) is 0 Å². The fourth-order valence-electron chi connectivity index (χ4n) is 5.47. The summed E-state index contributed by atoms with van der Waals surface area (Å²) in [7, 11) is 0. The first-order chi connectivity index (χ1) is 12.1. The number of likely N-dealkylation sites (tertiary alicyclic amines) is 1. The van der Waals surface area contributed by atoms with Gasteiger partial charge in [-0.15, -0.1) is 10.2 Å². The van der Waals surface area contributed by atoms with Crippen molar-refractivity contribution in [2.75, 3.05) is 13.1 Å². The van der Waals surface area contributed by atoms with E-state index in [1.807, 2.05) is 4.90 Å². The first kappa shape index (κ1) is 15.4. The highest BCUT2D eigenvalue weighted by molar-refractivity contribution is 5.87. The van der Waals surface area contributed by atoms with Crippen LogP contribution in [0.5, 0.6) is 0 Å². The molecule has 6 nitrogen and oxygen atoms in total. The lowest BCUT2D eigenvalue weighted by Crippen LogP contribution is -2.50. The van der Waals surface area contributed by atoms with Gasteiger partial charge in [0.05, 0.1) is 11.5 Å². The minimum absolute atomic E-state index is 0.0313. The fraction of sp³-hybridized carbons (Fsp3) is 0.789. The number of aromatic nitrogens is 2. The Morgan fingerprint density at radius 3 is 2.80 bits per heavy atom. The number of carbonyl (C=O) groups excluding carboxylic acids is 1. The van der Waals surface area contributed by atoms with Crippen molar-refractivity contribution in [2.45, 2.75) is 63.2 Å². The number of rotatable bonds is 3. The first-order valence-corrected chi connectivity index (χ1v) is 9.61. The minimum Gasteiger partial charge on any atom is -0.424 e. The molecule has 1 amide bonds. The molecule has 1 aromatic rings. The predicted molar refractivity (Wildman–Crippen MR) is 88.3 cm³/mol. The van der Waals surface area contributed by atoms with Crippen LogP contribution in [0.2, 0.25) is 0 Å². The summed E-state index contributed by atoms with van der Waals surface area (Å²) in [6.07, 6.45) is 6.93. The van der Waals surface area contributed by atoms with Crippen LogP contribution in [0.15, 0.2) is 4.42 Å². The quantitative estimate of drug-likeness (QED) is 0.845. The van der Waals surface area contributed by atoms with Crippen LogP contribution >= 0.6 is 0 Å². The summed E-state index contributed by atoms with van der Waals surface area (Å²) in [5.74, 6) is 2.86. The molecule has 0 radical (unpaired) electrons. The Labute approximate surface area is 147 Å². The van der Waals surface area contributed by atoms with E-state index < -0.39 is 5.41 Å². The predicted octanol–water partition coefficient (Wildman–Crippen LogP) is 2.77. The highest BCUT2D eigenvalue weighted by atomic mass is 16.4. The third-order valence-corrected chi connectivity index (χ3v) is 6.97.